The van der Waals surface area contributed by atoms with Gasteiger partial charge in [0.2, 0.25) is 10.0 Å². The Morgan fingerprint density at radius 2 is 1.78 bits per heavy atom. The summed E-state index contributed by atoms with van der Waals surface area (Å²) >= 11 is 0. The van der Waals surface area contributed by atoms with Crippen LogP contribution in [-0.4, -0.2) is 34.9 Å². The fourth-order valence-electron chi connectivity index (χ4n) is 4.77. The van der Waals surface area contributed by atoms with Crippen LogP contribution in [0.25, 0.3) is 0 Å². The first kappa shape index (κ1) is 23.8. The zero-order valence-corrected chi connectivity index (χ0v) is 20.8. The lowest BCUT2D eigenvalue weighted by Crippen LogP contribution is -2.50. The van der Waals surface area contributed by atoms with E-state index >= 15 is 0 Å². The highest BCUT2D eigenvalue weighted by molar-refractivity contribution is 7.89. The van der Waals surface area contributed by atoms with Crippen LogP contribution in [0.2, 0.25) is 0 Å². The molecule has 0 spiro atoms. The van der Waals surface area contributed by atoms with E-state index in [4.69, 9.17) is 0 Å². The number of hydrogen-bond acceptors (Lipinski definition) is 5. The smallest absolute Gasteiger partial charge is 0.243 e. The van der Waals surface area contributed by atoms with Gasteiger partial charge >= 0.3 is 0 Å². The van der Waals surface area contributed by atoms with E-state index < -0.39 is 10.0 Å². The maximum absolute atomic E-state index is 14.0. The van der Waals surface area contributed by atoms with Crippen molar-refractivity contribution in [2.45, 2.75) is 30.4 Å². The number of aryl methyl sites for hydroxylation is 1. The molecule has 0 saturated heterocycles. The maximum Gasteiger partial charge on any atom is 0.243 e. The third kappa shape index (κ3) is 4.76. The Bertz CT molecular complexity index is 1490. The van der Waals surface area contributed by atoms with Crippen molar-refractivity contribution < 1.29 is 8.42 Å². The summed E-state index contributed by atoms with van der Waals surface area (Å²) in [5, 5.41) is 9.52. The summed E-state index contributed by atoms with van der Waals surface area (Å²) in [6.45, 7) is 1.36. The summed E-state index contributed by atoms with van der Waals surface area (Å²) in [5.41, 5.74) is 4.49. The van der Waals surface area contributed by atoms with Crippen molar-refractivity contribution in [3.05, 3.63) is 114 Å². The Morgan fingerprint density at radius 1 is 1.06 bits per heavy atom. The van der Waals surface area contributed by atoms with Crippen LogP contribution >= 0.6 is 0 Å². The molecule has 1 aromatic heterocycles. The van der Waals surface area contributed by atoms with Gasteiger partial charge in [-0.05, 0) is 47.9 Å². The van der Waals surface area contributed by atoms with Gasteiger partial charge in [-0.3, -0.25) is 0 Å². The largest absolute Gasteiger partial charge is 0.364 e. The molecular weight excluding hydrogens is 470 g/mol. The molecule has 182 valence electrons. The topological polar surface area (TPSA) is 82.2 Å². The molecule has 8 heteroatoms. The number of nitrogens with zero attached hydrogens (tertiary/aromatic N) is 5. The fraction of sp³-hybridized carbons (Fsp3) is 0.214. The Morgan fingerprint density at radius 3 is 2.44 bits per heavy atom. The number of rotatable bonds is 7. The number of imidazole rings is 1. The van der Waals surface area contributed by atoms with Gasteiger partial charge in [0.25, 0.3) is 0 Å². The fourth-order valence-corrected chi connectivity index (χ4v) is 6.40. The van der Waals surface area contributed by atoms with Crippen LogP contribution in [0, 0.1) is 11.3 Å². The molecule has 0 fully saturated rings. The minimum absolute atomic E-state index is 0.259. The van der Waals surface area contributed by atoms with E-state index in [0.717, 1.165) is 22.5 Å². The van der Waals surface area contributed by atoms with Gasteiger partial charge in [-0.2, -0.15) is 9.57 Å². The number of fused-ring (bicyclic) bond motifs is 1. The van der Waals surface area contributed by atoms with E-state index in [1.807, 2.05) is 72.4 Å². The number of hydrogen-bond donors (Lipinski definition) is 0. The van der Waals surface area contributed by atoms with Crippen LogP contribution in [-0.2, 0) is 36.6 Å². The molecule has 3 aromatic carbocycles. The average Bonchev–Trinajstić information content (AvgIpc) is 3.31. The zero-order chi connectivity index (χ0) is 25.1. The monoisotopic (exact) mass is 497 g/mol. The molecule has 1 atom stereocenters. The van der Waals surface area contributed by atoms with Crippen molar-refractivity contribution >= 4 is 15.7 Å². The van der Waals surface area contributed by atoms with Crippen LogP contribution in [0.1, 0.15) is 22.4 Å². The third-order valence-corrected chi connectivity index (χ3v) is 8.56. The molecule has 0 N–H and O–H groups in total. The SMILES string of the molecule is Cn1cncc1CN1C[C@H](N(Cc2ccccc2)S(=O)(=O)c2ccccc2)Cc2cc(C#N)ccc21. The van der Waals surface area contributed by atoms with Gasteiger partial charge in [-0.25, -0.2) is 13.4 Å². The molecule has 0 aliphatic carbocycles. The Hall–Kier alpha value is -3.93. The standard InChI is InChI=1S/C28H27N5O2S/c1-31-21-30-17-26(31)20-32-19-25(15-24-14-23(16-29)12-13-28(24)32)33(18-22-8-4-2-5-9-22)36(34,35)27-10-6-3-7-11-27/h2-14,17,21,25H,15,18-20H2,1H3/t25-/m1/s1. The molecule has 0 unspecified atom stereocenters. The Labute approximate surface area is 211 Å². The summed E-state index contributed by atoms with van der Waals surface area (Å²) in [6.07, 6.45) is 4.11. The van der Waals surface area contributed by atoms with Crippen LogP contribution < -0.4 is 4.90 Å². The predicted octanol–water partition coefficient (Wildman–Crippen LogP) is 4.11. The number of sulfonamides is 1. The first-order valence-corrected chi connectivity index (χ1v) is 13.2. The average molecular weight is 498 g/mol. The van der Waals surface area contributed by atoms with Gasteiger partial charge < -0.3 is 9.47 Å². The Kier molecular flexibility index (Phi) is 6.59. The van der Waals surface area contributed by atoms with E-state index in [1.165, 1.54) is 0 Å². The molecule has 0 bridgehead atoms. The second-order valence-electron chi connectivity index (χ2n) is 9.04. The first-order chi connectivity index (χ1) is 17.5. The summed E-state index contributed by atoms with van der Waals surface area (Å²) in [5.74, 6) is 0. The molecule has 1 aliphatic heterocycles. The minimum Gasteiger partial charge on any atom is -0.364 e. The minimum atomic E-state index is -3.79. The number of anilines is 1. The normalized spacial score (nSPS) is 15.5. The highest BCUT2D eigenvalue weighted by Gasteiger charge is 2.36. The summed E-state index contributed by atoms with van der Waals surface area (Å²) < 4.78 is 31.6. The van der Waals surface area contributed by atoms with Crippen LogP contribution in [0.5, 0.6) is 0 Å². The van der Waals surface area contributed by atoms with Crippen molar-refractivity contribution in [1.29, 1.82) is 5.26 Å². The molecular formula is C28H27N5O2S. The van der Waals surface area contributed by atoms with Crippen molar-refractivity contribution in [2.24, 2.45) is 7.05 Å². The molecule has 36 heavy (non-hydrogen) atoms. The molecule has 0 radical (unpaired) electrons. The molecule has 1 aliphatic rings. The van der Waals surface area contributed by atoms with E-state index in [2.05, 4.69) is 16.0 Å². The third-order valence-electron chi connectivity index (χ3n) is 6.64. The lowest BCUT2D eigenvalue weighted by atomic mass is 9.95. The van der Waals surface area contributed by atoms with Gasteiger partial charge in [0, 0.05) is 38.1 Å². The number of aromatic nitrogens is 2. The van der Waals surface area contributed by atoms with Gasteiger partial charge in [0.1, 0.15) is 0 Å². The van der Waals surface area contributed by atoms with E-state index in [0.29, 0.717) is 25.1 Å². The van der Waals surface area contributed by atoms with E-state index in [-0.39, 0.29) is 17.5 Å². The maximum atomic E-state index is 14.0. The summed E-state index contributed by atoms with van der Waals surface area (Å²) in [6, 6.07) is 25.8. The van der Waals surface area contributed by atoms with E-state index in [1.54, 1.807) is 34.9 Å². The first-order valence-electron chi connectivity index (χ1n) is 11.8. The molecule has 0 saturated carbocycles. The molecule has 5 rings (SSSR count). The number of nitriles is 1. The van der Waals surface area contributed by atoms with Gasteiger partial charge in [0.15, 0.2) is 0 Å². The van der Waals surface area contributed by atoms with E-state index in [9.17, 15) is 13.7 Å². The Balaban J connectivity index is 1.58. The van der Waals surface area contributed by atoms with Crippen molar-refractivity contribution in [3.63, 3.8) is 0 Å². The summed E-state index contributed by atoms with van der Waals surface area (Å²) in [4.78, 5) is 6.71. The zero-order valence-electron chi connectivity index (χ0n) is 20.0. The lowest BCUT2D eigenvalue weighted by Gasteiger charge is -2.41. The van der Waals surface area contributed by atoms with Gasteiger partial charge in [-0.15, -0.1) is 0 Å². The quantitative estimate of drug-likeness (QED) is 0.384. The van der Waals surface area contributed by atoms with Crippen molar-refractivity contribution in [3.8, 4) is 6.07 Å². The highest BCUT2D eigenvalue weighted by Crippen LogP contribution is 2.34. The summed E-state index contributed by atoms with van der Waals surface area (Å²) in [7, 11) is -1.84. The molecule has 2 heterocycles. The van der Waals surface area contributed by atoms with Crippen LogP contribution in [0.3, 0.4) is 0 Å². The van der Waals surface area contributed by atoms with Crippen molar-refractivity contribution in [2.75, 3.05) is 11.4 Å². The van der Waals surface area contributed by atoms with Crippen LogP contribution in [0.4, 0.5) is 5.69 Å². The molecule has 0 amide bonds. The van der Waals surface area contributed by atoms with Gasteiger partial charge in [0.05, 0.1) is 35.1 Å². The second kappa shape index (κ2) is 9.97. The molecule has 4 aromatic rings. The molecule has 7 nitrogen and oxygen atoms in total. The number of benzene rings is 3. The van der Waals surface area contributed by atoms with Crippen molar-refractivity contribution in [1.82, 2.24) is 13.9 Å². The predicted molar refractivity (Wildman–Crippen MR) is 139 cm³/mol. The van der Waals surface area contributed by atoms with Crippen LogP contribution in [0.15, 0.2) is 96.3 Å². The van der Waals surface area contributed by atoms with Gasteiger partial charge in [-0.1, -0.05) is 48.5 Å². The highest BCUT2D eigenvalue weighted by atomic mass is 32.2. The second-order valence-corrected chi connectivity index (χ2v) is 10.9. The lowest BCUT2D eigenvalue weighted by molar-refractivity contribution is 0.302.